The summed E-state index contributed by atoms with van der Waals surface area (Å²) in [5, 5.41) is 4.68. The molecule has 0 spiro atoms. The van der Waals surface area contributed by atoms with Crippen molar-refractivity contribution in [2.24, 2.45) is 0 Å². The first-order valence-electron chi connectivity index (χ1n) is 6.46. The molecule has 0 aliphatic heterocycles. The van der Waals surface area contributed by atoms with E-state index in [2.05, 4.69) is 21.5 Å². The number of halogens is 1. The molecule has 1 N–H and O–H groups in total. The van der Waals surface area contributed by atoms with Crippen molar-refractivity contribution in [1.82, 2.24) is 9.97 Å². The number of para-hydroxylation sites is 1. The fraction of sp³-hybridized carbons (Fsp3) is 0.429. The van der Waals surface area contributed by atoms with E-state index in [0.29, 0.717) is 5.28 Å². The molecular formula is C14H18ClN3S. The summed E-state index contributed by atoms with van der Waals surface area (Å²) >= 11 is 7.84. The van der Waals surface area contributed by atoms with Gasteiger partial charge in [-0.2, -0.15) is 11.8 Å². The lowest BCUT2D eigenvalue weighted by atomic mass is 10.2. The van der Waals surface area contributed by atoms with Crippen LogP contribution in [0.2, 0.25) is 5.28 Å². The molecule has 3 nitrogen and oxygen atoms in total. The first-order chi connectivity index (χ1) is 9.31. The number of rotatable bonds is 7. The molecule has 0 aliphatic carbocycles. The first-order valence-corrected chi connectivity index (χ1v) is 8.23. The van der Waals surface area contributed by atoms with Gasteiger partial charge in [-0.25, -0.2) is 9.97 Å². The fourth-order valence-electron chi connectivity index (χ4n) is 1.94. The molecule has 5 heteroatoms. The summed E-state index contributed by atoms with van der Waals surface area (Å²) < 4.78 is 0. The highest BCUT2D eigenvalue weighted by molar-refractivity contribution is 7.98. The Kier molecular flexibility index (Phi) is 5.73. The van der Waals surface area contributed by atoms with E-state index in [1.165, 1.54) is 18.6 Å². The van der Waals surface area contributed by atoms with Crippen molar-refractivity contribution in [3.63, 3.8) is 0 Å². The molecular weight excluding hydrogens is 278 g/mol. The van der Waals surface area contributed by atoms with Gasteiger partial charge in [0.15, 0.2) is 0 Å². The van der Waals surface area contributed by atoms with E-state index in [0.717, 1.165) is 29.7 Å². The lowest BCUT2D eigenvalue weighted by molar-refractivity contribution is 0.748. The molecule has 1 aromatic heterocycles. The molecule has 19 heavy (non-hydrogen) atoms. The van der Waals surface area contributed by atoms with Crippen molar-refractivity contribution in [1.29, 1.82) is 0 Å². The number of thioether (sulfide) groups is 1. The summed E-state index contributed by atoms with van der Waals surface area (Å²) in [7, 11) is 0. The molecule has 0 saturated carbocycles. The Balaban J connectivity index is 1.96. The number of benzene rings is 1. The SMILES string of the molecule is CSCCCCCNc1nc(Cl)nc2ccccc12. The van der Waals surface area contributed by atoms with Gasteiger partial charge < -0.3 is 5.32 Å². The van der Waals surface area contributed by atoms with Gasteiger partial charge in [0, 0.05) is 11.9 Å². The average Bonchev–Trinajstić information content (AvgIpc) is 2.42. The van der Waals surface area contributed by atoms with E-state index in [-0.39, 0.29) is 0 Å². The van der Waals surface area contributed by atoms with Gasteiger partial charge >= 0.3 is 0 Å². The van der Waals surface area contributed by atoms with Crippen LogP contribution in [-0.4, -0.2) is 28.5 Å². The van der Waals surface area contributed by atoms with Gasteiger partial charge in [0.2, 0.25) is 5.28 Å². The standard InChI is InChI=1S/C14H18ClN3S/c1-19-10-6-2-5-9-16-13-11-7-3-4-8-12(11)17-14(15)18-13/h3-4,7-8H,2,5-6,9-10H2,1H3,(H,16,17,18). The highest BCUT2D eigenvalue weighted by Gasteiger charge is 2.05. The zero-order chi connectivity index (χ0) is 13.5. The van der Waals surface area contributed by atoms with Crippen LogP contribution in [0.4, 0.5) is 5.82 Å². The minimum absolute atomic E-state index is 0.295. The number of hydrogen-bond donors (Lipinski definition) is 1. The van der Waals surface area contributed by atoms with Crippen molar-refractivity contribution < 1.29 is 0 Å². The smallest absolute Gasteiger partial charge is 0.224 e. The van der Waals surface area contributed by atoms with E-state index >= 15 is 0 Å². The van der Waals surface area contributed by atoms with E-state index in [9.17, 15) is 0 Å². The summed E-state index contributed by atoms with van der Waals surface area (Å²) in [5.74, 6) is 2.07. The lowest BCUT2D eigenvalue weighted by Crippen LogP contribution is -2.05. The van der Waals surface area contributed by atoms with E-state index < -0.39 is 0 Å². The molecule has 0 saturated heterocycles. The third-order valence-electron chi connectivity index (χ3n) is 2.89. The topological polar surface area (TPSA) is 37.8 Å². The van der Waals surface area contributed by atoms with Gasteiger partial charge in [-0.1, -0.05) is 18.6 Å². The van der Waals surface area contributed by atoms with E-state index in [4.69, 9.17) is 11.6 Å². The molecule has 0 bridgehead atoms. The number of fused-ring (bicyclic) bond motifs is 1. The zero-order valence-corrected chi connectivity index (χ0v) is 12.6. The Morgan fingerprint density at radius 2 is 2.00 bits per heavy atom. The number of nitrogens with one attached hydrogen (secondary N) is 1. The van der Waals surface area contributed by atoms with Crippen LogP contribution in [0.5, 0.6) is 0 Å². The Morgan fingerprint density at radius 1 is 1.16 bits per heavy atom. The minimum atomic E-state index is 0.295. The second-order valence-corrected chi connectivity index (χ2v) is 5.66. The molecule has 0 atom stereocenters. The molecule has 2 aromatic rings. The summed E-state index contributed by atoms with van der Waals surface area (Å²) in [4.78, 5) is 8.49. The molecule has 0 amide bonds. The predicted molar refractivity (Wildman–Crippen MR) is 85.3 cm³/mol. The largest absolute Gasteiger partial charge is 0.369 e. The lowest BCUT2D eigenvalue weighted by Gasteiger charge is -2.08. The Morgan fingerprint density at radius 3 is 2.84 bits per heavy atom. The fourth-order valence-corrected chi connectivity index (χ4v) is 2.61. The molecule has 0 radical (unpaired) electrons. The predicted octanol–water partition coefficient (Wildman–Crippen LogP) is 4.23. The van der Waals surface area contributed by atoms with Gasteiger partial charge in [0.05, 0.1) is 5.52 Å². The van der Waals surface area contributed by atoms with Crippen LogP contribution in [0, 0.1) is 0 Å². The third kappa shape index (κ3) is 4.25. The zero-order valence-electron chi connectivity index (χ0n) is 11.0. The summed E-state index contributed by atoms with van der Waals surface area (Å²) in [6.45, 7) is 0.922. The third-order valence-corrected chi connectivity index (χ3v) is 3.76. The maximum Gasteiger partial charge on any atom is 0.224 e. The average molecular weight is 296 g/mol. The molecule has 1 aromatic carbocycles. The first kappa shape index (κ1) is 14.4. The highest BCUT2D eigenvalue weighted by Crippen LogP contribution is 2.21. The van der Waals surface area contributed by atoms with Crippen LogP contribution in [0.1, 0.15) is 19.3 Å². The van der Waals surface area contributed by atoms with Crippen LogP contribution < -0.4 is 5.32 Å². The van der Waals surface area contributed by atoms with Gasteiger partial charge in [0.1, 0.15) is 5.82 Å². The number of hydrogen-bond acceptors (Lipinski definition) is 4. The molecule has 0 fully saturated rings. The van der Waals surface area contributed by atoms with Crippen LogP contribution >= 0.6 is 23.4 Å². The van der Waals surface area contributed by atoms with Gasteiger partial charge in [-0.3, -0.25) is 0 Å². The van der Waals surface area contributed by atoms with Gasteiger partial charge in [0.25, 0.3) is 0 Å². The maximum absolute atomic E-state index is 5.94. The van der Waals surface area contributed by atoms with E-state index in [1.54, 1.807) is 0 Å². The second kappa shape index (κ2) is 7.56. The number of anilines is 1. The minimum Gasteiger partial charge on any atom is -0.369 e. The van der Waals surface area contributed by atoms with Crippen LogP contribution in [-0.2, 0) is 0 Å². The second-order valence-electron chi connectivity index (χ2n) is 4.34. The van der Waals surface area contributed by atoms with Crippen LogP contribution in [0.25, 0.3) is 10.9 Å². The van der Waals surface area contributed by atoms with Crippen LogP contribution in [0.3, 0.4) is 0 Å². The molecule has 2 rings (SSSR count). The van der Waals surface area contributed by atoms with Crippen molar-refractivity contribution >= 4 is 40.1 Å². The number of unbranched alkanes of at least 4 members (excludes halogenated alkanes) is 2. The molecule has 0 unspecified atom stereocenters. The molecule has 0 aliphatic rings. The molecule has 102 valence electrons. The summed E-state index contributed by atoms with van der Waals surface area (Å²) in [6, 6.07) is 7.91. The normalized spacial score (nSPS) is 10.8. The van der Waals surface area contributed by atoms with Crippen molar-refractivity contribution in [2.75, 3.05) is 23.9 Å². The maximum atomic E-state index is 5.94. The van der Waals surface area contributed by atoms with Crippen molar-refractivity contribution in [3.8, 4) is 0 Å². The summed E-state index contributed by atoms with van der Waals surface area (Å²) in [6.07, 6.45) is 5.81. The van der Waals surface area contributed by atoms with Gasteiger partial charge in [-0.15, -0.1) is 0 Å². The Bertz CT molecular complexity index is 533. The highest BCUT2D eigenvalue weighted by atomic mass is 35.5. The Hall–Kier alpha value is -1.00. The van der Waals surface area contributed by atoms with Gasteiger partial charge in [-0.05, 0) is 48.6 Å². The van der Waals surface area contributed by atoms with Crippen molar-refractivity contribution in [3.05, 3.63) is 29.5 Å². The number of aromatic nitrogens is 2. The Labute approximate surface area is 123 Å². The number of nitrogens with zero attached hydrogens (tertiary/aromatic N) is 2. The monoisotopic (exact) mass is 295 g/mol. The van der Waals surface area contributed by atoms with Crippen LogP contribution in [0.15, 0.2) is 24.3 Å². The van der Waals surface area contributed by atoms with E-state index in [1.807, 2.05) is 36.0 Å². The summed E-state index contributed by atoms with van der Waals surface area (Å²) in [5.41, 5.74) is 0.882. The molecule has 1 heterocycles. The quantitative estimate of drug-likeness (QED) is 0.613. The van der Waals surface area contributed by atoms with Crippen molar-refractivity contribution in [2.45, 2.75) is 19.3 Å².